The van der Waals surface area contributed by atoms with Gasteiger partial charge in [0.25, 0.3) is 0 Å². The maximum absolute atomic E-state index is 13.2. The van der Waals surface area contributed by atoms with Gasteiger partial charge in [-0.2, -0.15) is 0 Å². The van der Waals surface area contributed by atoms with Gasteiger partial charge in [-0.1, -0.05) is 11.6 Å². The number of nitrogens with zero attached hydrogens (tertiary/aromatic N) is 1. The van der Waals surface area contributed by atoms with Crippen LogP contribution in [0.4, 0.5) is 4.39 Å². The zero-order valence-corrected chi connectivity index (χ0v) is 9.06. The van der Waals surface area contributed by atoms with Crippen molar-refractivity contribution in [1.82, 2.24) is 4.98 Å². The van der Waals surface area contributed by atoms with Crippen molar-refractivity contribution in [3.05, 3.63) is 26.3 Å². The molecular weight excluding hydrogens is 291 g/mol. The van der Waals surface area contributed by atoms with E-state index in [2.05, 4.69) is 4.98 Å². The van der Waals surface area contributed by atoms with Gasteiger partial charge < -0.3 is 0 Å². The van der Waals surface area contributed by atoms with Gasteiger partial charge in [0.05, 0.1) is 3.57 Å². The van der Waals surface area contributed by atoms with Crippen molar-refractivity contribution in [3.8, 4) is 0 Å². The predicted molar refractivity (Wildman–Crippen MR) is 53.9 cm³/mol. The first-order chi connectivity index (χ1) is 5.70. The highest BCUT2D eigenvalue weighted by Crippen LogP contribution is 2.42. The minimum atomic E-state index is -0.373. The largest absolute Gasteiger partial charge is 0.241 e. The highest BCUT2D eigenvalue weighted by molar-refractivity contribution is 14.1. The maximum Gasteiger partial charge on any atom is 0.174 e. The summed E-state index contributed by atoms with van der Waals surface area (Å²) in [6.45, 7) is 0. The van der Waals surface area contributed by atoms with E-state index in [0.29, 0.717) is 9.49 Å². The molecule has 0 saturated heterocycles. The van der Waals surface area contributed by atoms with Crippen LogP contribution in [0.15, 0.2) is 6.20 Å². The van der Waals surface area contributed by atoms with Crippen LogP contribution in [-0.4, -0.2) is 4.98 Å². The first-order valence-electron chi connectivity index (χ1n) is 3.69. The molecule has 64 valence electrons. The summed E-state index contributed by atoms with van der Waals surface area (Å²) in [6, 6.07) is 0. The Morgan fingerprint density at radius 1 is 1.58 bits per heavy atom. The average Bonchev–Trinajstić information content (AvgIpc) is 2.84. The van der Waals surface area contributed by atoms with Crippen LogP contribution < -0.4 is 0 Å². The molecular formula is C8H6ClFIN. The SMILES string of the molecule is Fc1c(Cl)ncc(C2CC2)c1I. The van der Waals surface area contributed by atoms with E-state index >= 15 is 0 Å². The van der Waals surface area contributed by atoms with Crippen LogP contribution in [0.25, 0.3) is 0 Å². The van der Waals surface area contributed by atoms with Crippen molar-refractivity contribution in [2.45, 2.75) is 18.8 Å². The molecule has 1 fully saturated rings. The van der Waals surface area contributed by atoms with Crippen molar-refractivity contribution >= 4 is 34.2 Å². The monoisotopic (exact) mass is 297 g/mol. The van der Waals surface area contributed by atoms with E-state index in [1.165, 1.54) is 0 Å². The second kappa shape index (κ2) is 3.10. The molecule has 12 heavy (non-hydrogen) atoms. The lowest BCUT2D eigenvalue weighted by Crippen LogP contribution is -1.94. The summed E-state index contributed by atoms with van der Waals surface area (Å²) < 4.78 is 13.8. The summed E-state index contributed by atoms with van der Waals surface area (Å²) in [4.78, 5) is 3.79. The molecule has 1 aromatic heterocycles. The molecule has 0 aliphatic heterocycles. The molecule has 1 aromatic rings. The van der Waals surface area contributed by atoms with E-state index in [0.717, 1.165) is 18.4 Å². The molecule has 0 spiro atoms. The molecule has 0 radical (unpaired) electrons. The van der Waals surface area contributed by atoms with Gasteiger partial charge in [-0.05, 0) is 46.9 Å². The number of hydrogen-bond donors (Lipinski definition) is 0. The summed E-state index contributed by atoms with van der Waals surface area (Å²) in [7, 11) is 0. The van der Waals surface area contributed by atoms with E-state index in [1.807, 2.05) is 22.6 Å². The Balaban J connectivity index is 2.49. The van der Waals surface area contributed by atoms with Crippen LogP contribution in [0.3, 0.4) is 0 Å². The van der Waals surface area contributed by atoms with Gasteiger partial charge in [-0.15, -0.1) is 0 Å². The Morgan fingerprint density at radius 3 is 2.83 bits per heavy atom. The van der Waals surface area contributed by atoms with Gasteiger partial charge in [0.15, 0.2) is 11.0 Å². The Bertz CT molecular complexity index is 325. The molecule has 1 heterocycles. The normalized spacial score (nSPS) is 16.6. The number of halogens is 3. The Hall–Kier alpha value is 0.100. The third kappa shape index (κ3) is 1.44. The number of aromatic nitrogens is 1. The molecule has 0 N–H and O–H groups in total. The van der Waals surface area contributed by atoms with E-state index in [1.54, 1.807) is 6.20 Å². The maximum atomic E-state index is 13.2. The van der Waals surface area contributed by atoms with E-state index in [4.69, 9.17) is 11.6 Å². The van der Waals surface area contributed by atoms with Gasteiger partial charge in [0, 0.05) is 6.20 Å². The third-order valence-electron chi connectivity index (χ3n) is 1.96. The minimum absolute atomic E-state index is 0.0243. The fourth-order valence-electron chi connectivity index (χ4n) is 1.14. The lowest BCUT2D eigenvalue weighted by molar-refractivity contribution is 0.610. The highest BCUT2D eigenvalue weighted by Gasteiger charge is 2.27. The van der Waals surface area contributed by atoms with Crippen LogP contribution in [0.1, 0.15) is 24.3 Å². The second-order valence-corrected chi connectivity index (χ2v) is 4.34. The fraction of sp³-hybridized carbons (Fsp3) is 0.375. The minimum Gasteiger partial charge on any atom is -0.241 e. The van der Waals surface area contributed by atoms with Gasteiger partial charge >= 0.3 is 0 Å². The van der Waals surface area contributed by atoms with Crippen LogP contribution in [0, 0.1) is 9.39 Å². The predicted octanol–water partition coefficient (Wildman–Crippen LogP) is 3.36. The second-order valence-electron chi connectivity index (χ2n) is 2.91. The molecule has 0 amide bonds. The van der Waals surface area contributed by atoms with Crippen LogP contribution >= 0.6 is 34.2 Å². The Labute approximate surface area is 88.5 Å². The fourth-order valence-corrected chi connectivity index (χ4v) is 2.27. The number of rotatable bonds is 1. The van der Waals surface area contributed by atoms with Crippen molar-refractivity contribution in [3.63, 3.8) is 0 Å². The first kappa shape index (κ1) is 8.69. The zero-order valence-electron chi connectivity index (χ0n) is 6.15. The molecule has 0 aromatic carbocycles. The van der Waals surface area contributed by atoms with Gasteiger partial charge in [-0.3, -0.25) is 0 Å². The Morgan fingerprint density at radius 2 is 2.25 bits per heavy atom. The van der Waals surface area contributed by atoms with Crippen molar-refractivity contribution in [2.24, 2.45) is 0 Å². The molecule has 2 rings (SSSR count). The topological polar surface area (TPSA) is 12.9 Å². The molecule has 0 atom stereocenters. The van der Waals surface area contributed by atoms with Gasteiger partial charge in [0.2, 0.25) is 0 Å². The smallest absolute Gasteiger partial charge is 0.174 e. The highest BCUT2D eigenvalue weighted by atomic mass is 127. The standard InChI is InChI=1S/C8H6ClFIN/c9-8-6(10)7(11)5(3-12-8)4-1-2-4/h3-4H,1-2H2. The molecule has 0 bridgehead atoms. The number of hydrogen-bond acceptors (Lipinski definition) is 1. The third-order valence-corrected chi connectivity index (χ3v) is 3.32. The van der Waals surface area contributed by atoms with E-state index in [-0.39, 0.29) is 11.0 Å². The molecule has 1 saturated carbocycles. The Kier molecular flexibility index (Phi) is 2.25. The molecule has 0 unspecified atom stereocenters. The quantitative estimate of drug-likeness (QED) is 0.572. The summed E-state index contributed by atoms with van der Waals surface area (Å²) >= 11 is 7.51. The summed E-state index contributed by atoms with van der Waals surface area (Å²) in [6.07, 6.45) is 3.99. The molecule has 4 heteroatoms. The van der Waals surface area contributed by atoms with E-state index < -0.39 is 0 Å². The summed E-state index contributed by atoms with van der Waals surface area (Å²) in [5.41, 5.74) is 1.01. The van der Waals surface area contributed by atoms with E-state index in [9.17, 15) is 4.39 Å². The van der Waals surface area contributed by atoms with Gasteiger partial charge in [0.1, 0.15) is 0 Å². The molecule has 1 aliphatic rings. The summed E-state index contributed by atoms with van der Waals surface area (Å²) in [5, 5.41) is -0.0243. The molecule has 1 aliphatic carbocycles. The first-order valence-corrected chi connectivity index (χ1v) is 5.15. The molecule has 1 nitrogen and oxygen atoms in total. The van der Waals surface area contributed by atoms with Crippen LogP contribution in [0.5, 0.6) is 0 Å². The number of pyridine rings is 1. The average molecular weight is 297 g/mol. The lowest BCUT2D eigenvalue weighted by Gasteiger charge is -2.03. The lowest BCUT2D eigenvalue weighted by atomic mass is 10.2. The van der Waals surface area contributed by atoms with Crippen molar-refractivity contribution < 1.29 is 4.39 Å². The van der Waals surface area contributed by atoms with Gasteiger partial charge in [-0.25, -0.2) is 9.37 Å². The van der Waals surface area contributed by atoms with Crippen molar-refractivity contribution in [1.29, 1.82) is 0 Å². The van der Waals surface area contributed by atoms with Crippen molar-refractivity contribution in [2.75, 3.05) is 0 Å². The summed E-state index contributed by atoms with van der Waals surface area (Å²) in [5.74, 6) is 0.151. The van der Waals surface area contributed by atoms with Crippen LogP contribution in [0.2, 0.25) is 5.15 Å². The van der Waals surface area contributed by atoms with Crippen LogP contribution in [-0.2, 0) is 0 Å². The zero-order chi connectivity index (χ0) is 8.72.